The summed E-state index contributed by atoms with van der Waals surface area (Å²) in [4.78, 5) is 29.6. The number of carboxylic acids is 1. The number of hydrogen-bond donors (Lipinski definition) is 4. The van der Waals surface area contributed by atoms with Gasteiger partial charge < -0.3 is 20.7 Å². The lowest BCUT2D eigenvalue weighted by molar-refractivity contribution is -0.139. The Balaban J connectivity index is 2.48. The quantitative estimate of drug-likeness (QED) is 0.636. The molecular formula is C14H24N4O3. The van der Waals surface area contributed by atoms with Crippen LogP contribution in [0.3, 0.4) is 0 Å². The fraction of sp³-hybridized carbons (Fsp3) is 0.643. The number of urea groups is 1. The molecule has 1 aromatic rings. The third-order valence-corrected chi connectivity index (χ3v) is 3.63. The highest BCUT2D eigenvalue weighted by Gasteiger charge is 2.23. The summed E-state index contributed by atoms with van der Waals surface area (Å²) in [6.07, 6.45) is 3.17. The van der Waals surface area contributed by atoms with Crippen molar-refractivity contribution in [2.45, 2.75) is 40.2 Å². The first-order valence-electron chi connectivity index (χ1n) is 6.94. The molecule has 2 unspecified atom stereocenters. The van der Waals surface area contributed by atoms with E-state index < -0.39 is 18.0 Å². The molecule has 118 valence electrons. The number of carbonyl (C=O) groups excluding carboxylic acids is 1. The van der Waals surface area contributed by atoms with Crippen molar-refractivity contribution in [1.29, 1.82) is 0 Å². The smallest absolute Gasteiger partial charge is 0.326 e. The zero-order valence-electron chi connectivity index (χ0n) is 12.9. The molecule has 1 heterocycles. The van der Waals surface area contributed by atoms with Gasteiger partial charge in [-0.3, -0.25) is 0 Å². The lowest BCUT2D eigenvalue weighted by atomic mass is 9.82. The molecule has 7 heteroatoms. The summed E-state index contributed by atoms with van der Waals surface area (Å²) in [5, 5.41) is 14.3. The molecule has 2 amide bonds. The van der Waals surface area contributed by atoms with Crippen LogP contribution in [0, 0.1) is 11.3 Å². The summed E-state index contributed by atoms with van der Waals surface area (Å²) in [5.74, 6) is -0.803. The van der Waals surface area contributed by atoms with E-state index in [0.717, 1.165) is 0 Å². The Morgan fingerprint density at radius 1 is 1.43 bits per heavy atom. The minimum Gasteiger partial charge on any atom is -0.480 e. The summed E-state index contributed by atoms with van der Waals surface area (Å²) in [5.41, 5.74) is 0.737. The molecule has 2 atom stereocenters. The lowest BCUT2D eigenvalue weighted by Crippen LogP contribution is -2.48. The Bertz CT molecular complexity index is 465. The minimum atomic E-state index is -1.08. The van der Waals surface area contributed by atoms with Gasteiger partial charge in [-0.2, -0.15) is 0 Å². The monoisotopic (exact) mass is 296 g/mol. The molecule has 21 heavy (non-hydrogen) atoms. The van der Waals surface area contributed by atoms with Gasteiger partial charge in [-0.05, 0) is 11.3 Å². The van der Waals surface area contributed by atoms with Gasteiger partial charge in [-0.15, -0.1) is 0 Å². The van der Waals surface area contributed by atoms with Crippen LogP contribution in [0.5, 0.6) is 0 Å². The van der Waals surface area contributed by atoms with Crippen molar-refractivity contribution in [3.63, 3.8) is 0 Å². The average molecular weight is 296 g/mol. The van der Waals surface area contributed by atoms with Crippen LogP contribution in [0.1, 0.15) is 33.4 Å². The number of aromatic amines is 1. The van der Waals surface area contributed by atoms with Gasteiger partial charge in [-0.1, -0.05) is 27.7 Å². The molecule has 1 aromatic heterocycles. The first-order valence-corrected chi connectivity index (χ1v) is 6.94. The molecule has 7 nitrogen and oxygen atoms in total. The number of rotatable bonds is 6. The van der Waals surface area contributed by atoms with E-state index in [1.807, 2.05) is 6.92 Å². The number of carboxylic acid groups (broad SMARTS) is 1. The SMILES string of the molecule is CC(CNC(=O)NC(Cc1cnc[nH]1)C(=O)O)C(C)(C)C. The number of H-pyrrole nitrogens is 1. The second-order valence-corrected chi connectivity index (χ2v) is 6.29. The highest BCUT2D eigenvalue weighted by atomic mass is 16.4. The normalized spacial score (nSPS) is 14.3. The molecule has 0 saturated carbocycles. The van der Waals surface area contributed by atoms with Gasteiger partial charge in [-0.25, -0.2) is 14.6 Å². The third kappa shape index (κ3) is 5.85. The van der Waals surface area contributed by atoms with E-state index >= 15 is 0 Å². The van der Waals surface area contributed by atoms with Gasteiger partial charge in [0.1, 0.15) is 6.04 Å². The van der Waals surface area contributed by atoms with Gasteiger partial charge in [0.2, 0.25) is 0 Å². The standard InChI is InChI=1S/C14H24N4O3/c1-9(14(2,3)4)6-16-13(21)18-11(12(19)20)5-10-7-15-8-17-10/h7-9,11H,5-6H2,1-4H3,(H,15,17)(H,19,20)(H2,16,18,21). The van der Waals surface area contributed by atoms with Crippen LogP contribution in [0.4, 0.5) is 4.79 Å². The fourth-order valence-corrected chi connectivity index (χ4v) is 1.58. The van der Waals surface area contributed by atoms with Crippen LogP contribution in [0.25, 0.3) is 0 Å². The average Bonchev–Trinajstić information content (AvgIpc) is 2.86. The number of amides is 2. The van der Waals surface area contributed by atoms with Crippen molar-refractivity contribution in [3.8, 4) is 0 Å². The van der Waals surface area contributed by atoms with Crippen molar-refractivity contribution >= 4 is 12.0 Å². The van der Waals surface area contributed by atoms with Gasteiger partial charge >= 0.3 is 12.0 Å². The van der Waals surface area contributed by atoms with Crippen LogP contribution in [0.15, 0.2) is 12.5 Å². The highest BCUT2D eigenvalue weighted by molar-refractivity contribution is 5.82. The number of nitrogens with one attached hydrogen (secondary N) is 3. The molecule has 0 spiro atoms. The largest absolute Gasteiger partial charge is 0.480 e. The van der Waals surface area contributed by atoms with Gasteiger partial charge in [0.25, 0.3) is 0 Å². The maximum atomic E-state index is 11.8. The predicted octanol–water partition coefficient (Wildman–Crippen LogP) is 1.39. The van der Waals surface area contributed by atoms with Gasteiger partial charge in [0.05, 0.1) is 6.33 Å². The number of nitrogens with zero attached hydrogens (tertiary/aromatic N) is 1. The zero-order chi connectivity index (χ0) is 16.0. The topological polar surface area (TPSA) is 107 Å². The molecule has 0 aromatic carbocycles. The Morgan fingerprint density at radius 2 is 2.10 bits per heavy atom. The summed E-state index contributed by atoms with van der Waals surface area (Å²) in [6.45, 7) is 8.81. The van der Waals surface area contributed by atoms with Crippen molar-refractivity contribution in [2.75, 3.05) is 6.54 Å². The van der Waals surface area contributed by atoms with Crippen LogP contribution in [-0.2, 0) is 11.2 Å². The molecule has 4 N–H and O–H groups in total. The maximum Gasteiger partial charge on any atom is 0.326 e. The third-order valence-electron chi connectivity index (χ3n) is 3.63. The first kappa shape index (κ1) is 17.0. The Labute approximate surface area is 124 Å². The lowest BCUT2D eigenvalue weighted by Gasteiger charge is -2.27. The van der Waals surface area contributed by atoms with Gasteiger partial charge in [0.15, 0.2) is 0 Å². The first-order chi connectivity index (χ1) is 9.70. The number of hydrogen-bond acceptors (Lipinski definition) is 3. The molecule has 0 aliphatic heterocycles. The Hall–Kier alpha value is -2.05. The molecule has 0 bridgehead atoms. The van der Waals surface area contributed by atoms with Crippen molar-refractivity contribution in [3.05, 3.63) is 18.2 Å². The molecule has 0 aliphatic rings. The number of aromatic nitrogens is 2. The van der Waals surface area contributed by atoms with Crippen LogP contribution in [-0.4, -0.2) is 39.7 Å². The molecular weight excluding hydrogens is 272 g/mol. The van der Waals surface area contributed by atoms with Crippen molar-refractivity contribution in [2.24, 2.45) is 11.3 Å². The fourth-order valence-electron chi connectivity index (χ4n) is 1.58. The maximum absolute atomic E-state index is 11.8. The molecule has 1 rings (SSSR count). The van der Waals surface area contributed by atoms with E-state index in [1.165, 1.54) is 12.5 Å². The molecule has 0 aliphatic carbocycles. The van der Waals surface area contributed by atoms with Crippen LogP contribution < -0.4 is 10.6 Å². The van der Waals surface area contributed by atoms with E-state index in [4.69, 9.17) is 5.11 Å². The highest BCUT2D eigenvalue weighted by Crippen LogP contribution is 2.24. The second kappa shape index (κ2) is 7.10. The van der Waals surface area contributed by atoms with E-state index in [2.05, 4.69) is 41.4 Å². The number of carbonyl (C=O) groups is 2. The second-order valence-electron chi connectivity index (χ2n) is 6.29. The number of aliphatic carboxylic acids is 1. The summed E-state index contributed by atoms with van der Waals surface area (Å²) in [6, 6.07) is -1.46. The van der Waals surface area contributed by atoms with Crippen LogP contribution >= 0.6 is 0 Å². The zero-order valence-corrected chi connectivity index (χ0v) is 12.9. The Kier molecular flexibility index (Phi) is 5.75. The molecule has 0 saturated heterocycles. The van der Waals surface area contributed by atoms with Crippen LogP contribution in [0.2, 0.25) is 0 Å². The van der Waals surface area contributed by atoms with Gasteiger partial charge in [0, 0.05) is 24.9 Å². The predicted molar refractivity (Wildman–Crippen MR) is 78.9 cm³/mol. The summed E-state index contributed by atoms with van der Waals surface area (Å²) in [7, 11) is 0. The minimum absolute atomic E-state index is 0.0788. The van der Waals surface area contributed by atoms with Crippen molar-refractivity contribution in [1.82, 2.24) is 20.6 Å². The Morgan fingerprint density at radius 3 is 2.57 bits per heavy atom. The van der Waals surface area contributed by atoms with Crippen molar-refractivity contribution < 1.29 is 14.7 Å². The van der Waals surface area contributed by atoms with E-state index in [9.17, 15) is 9.59 Å². The van der Waals surface area contributed by atoms with E-state index in [1.54, 1.807) is 0 Å². The molecule has 0 radical (unpaired) electrons. The number of imidazole rings is 1. The van der Waals surface area contributed by atoms with E-state index in [0.29, 0.717) is 12.2 Å². The van der Waals surface area contributed by atoms with E-state index in [-0.39, 0.29) is 17.8 Å². The molecule has 0 fully saturated rings. The summed E-state index contributed by atoms with van der Waals surface area (Å²) >= 11 is 0. The summed E-state index contributed by atoms with van der Waals surface area (Å²) < 4.78 is 0.